The number of fused-ring (bicyclic) bond motifs is 1. The third-order valence-electron chi connectivity index (χ3n) is 3.69. The summed E-state index contributed by atoms with van der Waals surface area (Å²) in [5, 5.41) is 0. The molecule has 1 aromatic rings. The van der Waals surface area contributed by atoms with Gasteiger partial charge in [0.1, 0.15) is 6.10 Å². The van der Waals surface area contributed by atoms with E-state index < -0.39 is 30.3 Å². The molecular formula is C14H16F2O3. The third-order valence-corrected chi connectivity index (χ3v) is 3.69. The standard InChI is InChI=1S/C14H16F2O3/c1-9-7-17-11-8-18-13(10-5-3-2-4-6-10)19-12(11)14(9,15)16/h2-6,9,11-13H,7-8H2,1H3/t9-,11-,12?,13-/m1/s1. The van der Waals surface area contributed by atoms with Crippen LogP contribution in [0.1, 0.15) is 18.8 Å². The van der Waals surface area contributed by atoms with Crippen molar-refractivity contribution in [3.05, 3.63) is 35.9 Å². The maximum absolute atomic E-state index is 14.2. The van der Waals surface area contributed by atoms with Crippen molar-refractivity contribution in [2.45, 2.75) is 31.3 Å². The average Bonchev–Trinajstić information content (AvgIpc) is 2.44. The molecule has 5 heteroatoms. The van der Waals surface area contributed by atoms with E-state index in [1.165, 1.54) is 6.92 Å². The van der Waals surface area contributed by atoms with Gasteiger partial charge in [-0.1, -0.05) is 37.3 Å². The Labute approximate surface area is 110 Å². The number of hydrogen-bond acceptors (Lipinski definition) is 3. The molecule has 1 aromatic carbocycles. The number of hydrogen-bond donors (Lipinski definition) is 0. The van der Waals surface area contributed by atoms with E-state index in [-0.39, 0.29) is 13.2 Å². The predicted molar refractivity (Wildman–Crippen MR) is 63.9 cm³/mol. The highest BCUT2D eigenvalue weighted by Crippen LogP contribution is 2.42. The van der Waals surface area contributed by atoms with Gasteiger partial charge < -0.3 is 14.2 Å². The molecule has 2 saturated heterocycles. The first kappa shape index (κ1) is 13.0. The van der Waals surface area contributed by atoms with Gasteiger partial charge >= 0.3 is 0 Å². The highest BCUT2D eigenvalue weighted by atomic mass is 19.3. The van der Waals surface area contributed by atoms with Crippen molar-refractivity contribution in [1.82, 2.24) is 0 Å². The Hall–Kier alpha value is -1.04. The Morgan fingerprint density at radius 3 is 2.58 bits per heavy atom. The normalized spacial score (nSPS) is 37.6. The Morgan fingerprint density at radius 1 is 1.11 bits per heavy atom. The molecule has 19 heavy (non-hydrogen) atoms. The summed E-state index contributed by atoms with van der Waals surface area (Å²) in [5.74, 6) is -3.73. The van der Waals surface area contributed by atoms with Gasteiger partial charge in [0.05, 0.1) is 13.2 Å². The van der Waals surface area contributed by atoms with Crippen LogP contribution in [0.2, 0.25) is 0 Å². The second-order valence-electron chi connectivity index (χ2n) is 5.08. The SMILES string of the molecule is C[C@@H]1CO[C@@H]2CO[C@@H](c3ccccc3)OC2C1(F)F. The Morgan fingerprint density at radius 2 is 1.84 bits per heavy atom. The fourth-order valence-corrected chi connectivity index (χ4v) is 2.45. The monoisotopic (exact) mass is 270 g/mol. The molecule has 0 N–H and O–H groups in total. The van der Waals surface area contributed by atoms with Gasteiger partial charge in [0.15, 0.2) is 12.4 Å². The molecule has 104 valence electrons. The Kier molecular flexibility index (Phi) is 3.28. The molecule has 0 amide bonds. The fourth-order valence-electron chi connectivity index (χ4n) is 2.45. The van der Waals surface area contributed by atoms with Crippen LogP contribution in [0.25, 0.3) is 0 Å². The Bertz CT molecular complexity index is 438. The minimum Gasteiger partial charge on any atom is -0.372 e. The largest absolute Gasteiger partial charge is 0.372 e. The smallest absolute Gasteiger partial charge is 0.281 e. The first-order valence-corrected chi connectivity index (χ1v) is 6.40. The zero-order valence-corrected chi connectivity index (χ0v) is 10.6. The fraction of sp³-hybridized carbons (Fsp3) is 0.571. The molecule has 0 aromatic heterocycles. The summed E-state index contributed by atoms with van der Waals surface area (Å²) in [6.07, 6.45) is -2.68. The van der Waals surface area contributed by atoms with Gasteiger partial charge in [-0.3, -0.25) is 0 Å². The van der Waals surface area contributed by atoms with E-state index in [4.69, 9.17) is 14.2 Å². The number of halogens is 2. The summed E-state index contributed by atoms with van der Waals surface area (Å²) in [6, 6.07) is 9.11. The van der Waals surface area contributed by atoms with Crippen LogP contribution in [0.3, 0.4) is 0 Å². The van der Waals surface area contributed by atoms with Crippen LogP contribution in [-0.2, 0) is 14.2 Å². The Balaban J connectivity index is 1.81. The molecule has 0 spiro atoms. The van der Waals surface area contributed by atoms with Crippen LogP contribution < -0.4 is 0 Å². The highest BCUT2D eigenvalue weighted by molar-refractivity contribution is 5.16. The van der Waals surface area contributed by atoms with Crippen LogP contribution >= 0.6 is 0 Å². The van der Waals surface area contributed by atoms with Crippen LogP contribution in [0.5, 0.6) is 0 Å². The highest BCUT2D eigenvalue weighted by Gasteiger charge is 2.56. The minimum absolute atomic E-state index is 0.0386. The lowest BCUT2D eigenvalue weighted by Crippen LogP contribution is -2.59. The van der Waals surface area contributed by atoms with Gasteiger partial charge in [-0.05, 0) is 0 Å². The summed E-state index contributed by atoms with van der Waals surface area (Å²) in [5.41, 5.74) is 0.745. The molecule has 2 fully saturated rings. The molecule has 2 heterocycles. The van der Waals surface area contributed by atoms with Gasteiger partial charge in [-0.15, -0.1) is 0 Å². The van der Waals surface area contributed by atoms with Gasteiger partial charge in [0, 0.05) is 11.5 Å². The third kappa shape index (κ3) is 2.26. The van der Waals surface area contributed by atoms with Crippen molar-refractivity contribution in [1.29, 1.82) is 0 Å². The molecule has 2 aliphatic heterocycles. The molecule has 2 aliphatic rings. The van der Waals surface area contributed by atoms with Crippen molar-refractivity contribution >= 4 is 0 Å². The van der Waals surface area contributed by atoms with Crippen molar-refractivity contribution in [2.24, 2.45) is 5.92 Å². The number of benzene rings is 1. The molecule has 4 atom stereocenters. The minimum atomic E-state index is -2.89. The lowest BCUT2D eigenvalue weighted by atomic mass is 9.92. The van der Waals surface area contributed by atoms with E-state index in [2.05, 4.69) is 0 Å². The van der Waals surface area contributed by atoms with E-state index >= 15 is 0 Å². The van der Waals surface area contributed by atoms with E-state index in [1.54, 1.807) is 12.1 Å². The summed E-state index contributed by atoms with van der Waals surface area (Å²) in [4.78, 5) is 0. The van der Waals surface area contributed by atoms with Crippen LogP contribution in [0.4, 0.5) is 8.78 Å². The second-order valence-corrected chi connectivity index (χ2v) is 5.08. The summed E-state index contributed by atoms with van der Waals surface area (Å²) in [6.45, 7) is 1.65. The molecule has 0 bridgehead atoms. The molecule has 0 aliphatic carbocycles. The molecule has 3 rings (SSSR count). The molecular weight excluding hydrogens is 254 g/mol. The maximum atomic E-state index is 14.2. The lowest BCUT2D eigenvalue weighted by molar-refractivity contribution is -0.344. The zero-order valence-electron chi connectivity index (χ0n) is 10.6. The van der Waals surface area contributed by atoms with Crippen molar-refractivity contribution < 1.29 is 23.0 Å². The van der Waals surface area contributed by atoms with E-state index in [1.807, 2.05) is 18.2 Å². The van der Waals surface area contributed by atoms with Crippen LogP contribution in [0.15, 0.2) is 30.3 Å². The number of alkyl halides is 2. The molecule has 0 saturated carbocycles. The quantitative estimate of drug-likeness (QED) is 0.785. The van der Waals surface area contributed by atoms with E-state index in [0.29, 0.717) is 0 Å². The second kappa shape index (κ2) is 4.81. The van der Waals surface area contributed by atoms with Gasteiger partial charge in [-0.2, -0.15) is 0 Å². The maximum Gasteiger partial charge on any atom is 0.281 e. The molecule has 0 radical (unpaired) electrons. The zero-order chi connectivity index (χ0) is 13.5. The van der Waals surface area contributed by atoms with Crippen molar-refractivity contribution in [3.63, 3.8) is 0 Å². The topological polar surface area (TPSA) is 27.7 Å². The first-order chi connectivity index (χ1) is 9.09. The number of ether oxygens (including phenoxy) is 3. The molecule has 1 unspecified atom stereocenters. The van der Waals surface area contributed by atoms with Crippen LogP contribution in [0, 0.1) is 5.92 Å². The lowest BCUT2D eigenvalue weighted by Gasteiger charge is -2.45. The van der Waals surface area contributed by atoms with E-state index in [0.717, 1.165) is 5.56 Å². The van der Waals surface area contributed by atoms with Crippen molar-refractivity contribution in [3.8, 4) is 0 Å². The average molecular weight is 270 g/mol. The summed E-state index contributed by atoms with van der Waals surface area (Å²) in [7, 11) is 0. The van der Waals surface area contributed by atoms with E-state index in [9.17, 15) is 8.78 Å². The first-order valence-electron chi connectivity index (χ1n) is 6.40. The van der Waals surface area contributed by atoms with Gasteiger partial charge in [0.25, 0.3) is 5.92 Å². The summed E-state index contributed by atoms with van der Waals surface area (Å²) >= 11 is 0. The predicted octanol–water partition coefficient (Wildman–Crippen LogP) is 2.77. The number of rotatable bonds is 1. The van der Waals surface area contributed by atoms with Crippen molar-refractivity contribution in [2.75, 3.05) is 13.2 Å². The summed E-state index contributed by atoms with van der Waals surface area (Å²) < 4.78 is 44.7. The van der Waals surface area contributed by atoms with Crippen LogP contribution in [-0.4, -0.2) is 31.3 Å². The van der Waals surface area contributed by atoms with Gasteiger partial charge in [0.2, 0.25) is 0 Å². The molecule has 3 nitrogen and oxygen atoms in total. The van der Waals surface area contributed by atoms with Gasteiger partial charge in [-0.25, -0.2) is 8.78 Å².